The number of ether oxygens (including phenoxy) is 4. The Morgan fingerprint density at radius 3 is 2.10 bits per heavy atom. The molecule has 3 aromatic carbocycles. The number of nitrogens with one attached hydrogen (secondary N) is 4. The van der Waals surface area contributed by atoms with E-state index >= 15 is 0 Å². The Bertz CT molecular complexity index is 1500. The minimum absolute atomic E-state index is 0.114. The average Bonchev–Trinajstić information content (AvgIpc) is 3.08. The first-order valence-corrected chi connectivity index (χ1v) is 15.5. The van der Waals surface area contributed by atoms with Gasteiger partial charge in [0, 0.05) is 6.54 Å². The fourth-order valence-corrected chi connectivity index (χ4v) is 4.73. The standard InChI is InChI=1S/C34H42F3N5O7/c1-46-27-17-23(18-28(47-2)32(27)48-3)21-39-30(43)20-29(34(35,36)37)41-42-33(45)26(14-7-8-15-38)40-31(44)19-22-10-9-13-25(16-22)49-24-11-5-4-6-12-24/h4-6,9-13,16-18,26,29,41H,7-8,14-15,19-21,38H2,1-3H3,(H,39,43)(H,40,44)(H,42,45)/t26-,29?/m0/s1. The molecule has 0 aliphatic rings. The molecule has 0 saturated carbocycles. The van der Waals surface area contributed by atoms with Crippen molar-refractivity contribution in [2.75, 3.05) is 27.9 Å². The number of amides is 3. The van der Waals surface area contributed by atoms with Gasteiger partial charge in [-0.1, -0.05) is 30.3 Å². The molecule has 0 bridgehead atoms. The Hall–Kier alpha value is -5.02. The van der Waals surface area contributed by atoms with Crippen molar-refractivity contribution < 1.29 is 46.5 Å². The van der Waals surface area contributed by atoms with Gasteiger partial charge in [-0.25, -0.2) is 5.43 Å². The van der Waals surface area contributed by atoms with E-state index in [0.29, 0.717) is 59.3 Å². The van der Waals surface area contributed by atoms with E-state index < -0.39 is 42.4 Å². The molecule has 0 saturated heterocycles. The number of hydrogen-bond donors (Lipinski definition) is 5. The topological polar surface area (TPSA) is 162 Å². The molecule has 2 atom stereocenters. The van der Waals surface area contributed by atoms with E-state index in [1.165, 1.54) is 21.3 Å². The van der Waals surface area contributed by atoms with Crippen molar-refractivity contribution >= 4 is 17.7 Å². The summed E-state index contributed by atoms with van der Waals surface area (Å²) in [5.74, 6) is -0.321. The van der Waals surface area contributed by atoms with E-state index in [-0.39, 0.29) is 19.4 Å². The quantitative estimate of drug-likeness (QED) is 0.0928. The highest BCUT2D eigenvalue weighted by Crippen LogP contribution is 2.38. The number of nitrogens with two attached hydrogens (primary N) is 1. The second-order valence-corrected chi connectivity index (χ2v) is 10.9. The summed E-state index contributed by atoms with van der Waals surface area (Å²) in [6, 6.07) is 15.4. The summed E-state index contributed by atoms with van der Waals surface area (Å²) >= 11 is 0. The van der Waals surface area contributed by atoms with Crippen LogP contribution in [-0.2, 0) is 27.3 Å². The number of halogens is 3. The molecular weight excluding hydrogens is 647 g/mol. The lowest BCUT2D eigenvalue weighted by Crippen LogP contribution is -2.57. The zero-order valence-electron chi connectivity index (χ0n) is 27.5. The number of hydrogen-bond acceptors (Lipinski definition) is 9. The fraction of sp³-hybridized carbons (Fsp3) is 0.382. The lowest BCUT2D eigenvalue weighted by molar-refractivity contribution is -0.165. The predicted molar refractivity (Wildman–Crippen MR) is 175 cm³/mol. The molecule has 0 aliphatic carbocycles. The van der Waals surface area contributed by atoms with Crippen LogP contribution < -0.4 is 46.2 Å². The number of methoxy groups -OCH3 is 3. The number of para-hydroxylation sites is 1. The number of rotatable bonds is 19. The Balaban J connectivity index is 1.60. The van der Waals surface area contributed by atoms with E-state index in [1.807, 2.05) is 29.1 Å². The molecule has 1 unspecified atom stereocenters. The molecule has 0 radical (unpaired) electrons. The van der Waals surface area contributed by atoms with Crippen LogP contribution in [0.5, 0.6) is 28.7 Å². The van der Waals surface area contributed by atoms with E-state index in [1.54, 1.807) is 48.5 Å². The average molecular weight is 690 g/mol. The maximum absolute atomic E-state index is 13.9. The summed E-state index contributed by atoms with van der Waals surface area (Å²) in [5.41, 5.74) is 10.6. The minimum Gasteiger partial charge on any atom is -0.493 e. The summed E-state index contributed by atoms with van der Waals surface area (Å²) < 4.78 is 63.3. The number of carbonyl (C=O) groups is 3. The molecule has 0 fully saturated rings. The third-order valence-corrected chi connectivity index (χ3v) is 7.21. The second-order valence-electron chi connectivity index (χ2n) is 10.9. The normalized spacial score (nSPS) is 12.3. The number of carbonyl (C=O) groups excluding carboxylic acids is 3. The maximum atomic E-state index is 13.9. The van der Waals surface area contributed by atoms with E-state index in [9.17, 15) is 27.6 Å². The molecule has 0 aromatic heterocycles. The number of benzene rings is 3. The molecule has 0 spiro atoms. The highest BCUT2D eigenvalue weighted by molar-refractivity contribution is 5.88. The van der Waals surface area contributed by atoms with Crippen LogP contribution in [0.3, 0.4) is 0 Å². The molecule has 3 amide bonds. The van der Waals surface area contributed by atoms with Crippen molar-refractivity contribution in [3.8, 4) is 28.7 Å². The van der Waals surface area contributed by atoms with Crippen molar-refractivity contribution in [1.82, 2.24) is 21.5 Å². The van der Waals surface area contributed by atoms with Crippen molar-refractivity contribution in [3.05, 3.63) is 77.9 Å². The second kappa shape index (κ2) is 19.1. The van der Waals surface area contributed by atoms with Crippen LogP contribution in [0.15, 0.2) is 66.7 Å². The van der Waals surface area contributed by atoms with Gasteiger partial charge in [-0.3, -0.25) is 19.8 Å². The van der Waals surface area contributed by atoms with Crippen LogP contribution in [-0.4, -0.2) is 63.9 Å². The van der Waals surface area contributed by atoms with E-state index in [2.05, 4.69) is 10.6 Å². The van der Waals surface area contributed by atoms with Gasteiger partial charge >= 0.3 is 6.18 Å². The van der Waals surface area contributed by atoms with Gasteiger partial charge in [0.05, 0.1) is 34.2 Å². The van der Waals surface area contributed by atoms with Crippen molar-refractivity contribution in [1.29, 1.82) is 0 Å². The minimum atomic E-state index is -4.90. The molecule has 0 heterocycles. The summed E-state index contributed by atoms with van der Waals surface area (Å²) in [6.07, 6.45) is -4.97. The third kappa shape index (κ3) is 12.5. The third-order valence-electron chi connectivity index (χ3n) is 7.21. The Labute approximate surface area is 282 Å². The molecule has 3 aromatic rings. The highest BCUT2D eigenvalue weighted by Gasteiger charge is 2.41. The lowest BCUT2D eigenvalue weighted by Gasteiger charge is -2.24. The molecule has 12 nitrogen and oxygen atoms in total. The van der Waals surface area contributed by atoms with Gasteiger partial charge in [0.15, 0.2) is 11.5 Å². The zero-order chi connectivity index (χ0) is 35.8. The first kappa shape index (κ1) is 38.4. The first-order valence-electron chi connectivity index (χ1n) is 15.5. The van der Waals surface area contributed by atoms with Gasteiger partial charge in [0.25, 0.3) is 5.91 Å². The van der Waals surface area contributed by atoms with Crippen molar-refractivity contribution in [2.45, 2.75) is 56.9 Å². The molecule has 3 rings (SSSR count). The lowest BCUT2D eigenvalue weighted by atomic mass is 10.1. The fourth-order valence-electron chi connectivity index (χ4n) is 4.73. The van der Waals surface area contributed by atoms with Crippen LogP contribution in [0.25, 0.3) is 0 Å². The van der Waals surface area contributed by atoms with Crippen molar-refractivity contribution in [2.24, 2.45) is 5.73 Å². The number of unbranched alkanes of at least 4 members (excludes halogenated alkanes) is 1. The molecule has 6 N–H and O–H groups in total. The molecule has 15 heteroatoms. The van der Waals surface area contributed by atoms with Gasteiger partial charge in [0.1, 0.15) is 23.6 Å². The monoisotopic (exact) mass is 689 g/mol. The van der Waals surface area contributed by atoms with Crippen molar-refractivity contribution in [3.63, 3.8) is 0 Å². The van der Waals surface area contributed by atoms with Gasteiger partial charge in [-0.15, -0.1) is 0 Å². The van der Waals surface area contributed by atoms with Crippen LogP contribution in [0.1, 0.15) is 36.8 Å². The molecule has 0 aliphatic heterocycles. The Morgan fingerprint density at radius 2 is 1.49 bits per heavy atom. The van der Waals surface area contributed by atoms with Crippen LogP contribution in [0.4, 0.5) is 13.2 Å². The van der Waals surface area contributed by atoms with Gasteiger partial charge in [-0.2, -0.15) is 13.2 Å². The van der Waals surface area contributed by atoms with Gasteiger partial charge < -0.3 is 35.3 Å². The molecule has 49 heavy (non-hydrogen) atoms. The Morgan fingerprint density at radius 1 is 0.816 bits per heavy atom. The summed E-state index contributed by atoms with van der Waals surface area (Å²) in [5, 5.41) is 5.03. The molecular formula is C34H42F3N5O7. The van der Waals surface area contributed by atoms with Gasteiger partial charge in [-0.05, 0) is 73.3 Å². The number of hydrazine groups is 1. The Kier molecular flexibility index (Phi) is 15.0. The zero-order valence-corrected chi connectivity index (χ0v) is 27.5. The SMILES string of the molecule is COc1cc(CNC(=O)CC(NNC(=O)[C@H](CCCCN)NC(=O)Cc2cccc(Oc3ccccc3)c2)C(F)(F)F)cc(OC)c1OC. The summed E-state index contributed by atoms with van der Waals surface area (Å²) in [6.45, 7) is 0.194. The van der Waals surface area contributed by atoms with Gasteiger partial charge in [0.2, 0.25) is 17.6 Å². The van der Waals surface area contributed by atoms with E-state index in [4.69, 9.17) is 24.7 Å². The summed E-state index contributed by atoms with van der Waals surface area (Å²) in [7, 11) is 4.23. The van der Waals surface area contributed by atoms with Crippen LogP contribution >= 0.6 is 0 Å². The largest absolute Gasteiger partial charge is 0.493 e. The first-order chi connectivity index (χ1) is 23.5. The predicted octanol–water partition coefficient (Wildman–Crippen LogP) is 3.92. The molecule has 266 valence electrons. The highest BCUT2D eigenvalue weighted by atomic mass is 19.4. The number of alkyl halides is 3. The summed E-state index contributed by atoms with van der Waals surface area (Å²) in [4.78, 5) is 38.6. The maximum Gasteiger partial charge on any atom is 0.406 e. The van der Waals surface area contributed by atoms with Crippen LogP contribution in [0.2, 0.25) is 0 Å². The smallest absolute Gasteiger partial charge is 0.406 e. The van der Waals surface area contributed by atoms with E-state index in [0.717, 1.165) is 0 Å². The van der Waals surface area contributed by atoms with Crippen LogP contribution in [0, 0.1) is 0 Å².